The van der Waals surface area contributed by atoms with Crippen LogP contribution in [0.15, 0.2) is 12.1 Å². The molecule has 0 saturated heterocycles. The monoisotopic (exact) mass is 490 g/mol. The molecule has 1 aromatic rings. The first-order chi connectivity index (χ1) is 15.1. The maximum absolute atomic E-state index is 15.1. The molecule has 4 nitrogen and oxygen atoms in total. The number of amides is 2. The Balaban J connectivity index is 1.64. The van der Waals surface area contributed by atoms with Gasteiger partial charge in [-0.15, -0.1) is 0 Å². The topological polar surface area (TPSA) is 58.2 Å². The highest BCUT2D eigenvalue weighted by molar-refractivity contribution is 6.42. The van der Waals surface area contributed by atoms with E-state index in [-0.39, 0.29) is 45.8 Å². The molecule has 0 unspecified atom stereocenters. The summed E-state index contributed by atoms with van der Waals surface area (Å²) in [6.45, 7) is 1.43. The Kier molecular flexibility index (Phi) is 6.45. The molecule has 3 aliphatic carbocycles. The Morgan fingerprint density at radius 2 is 1.75 bits per heavy atom. The first kappa shape index (κ1) is 23.7. The standard InChI is InChI=1S/C23H27Cl2F3N2O2/c1-12(31)29-14-3-2-13(10-14)20(32)30-19(17-16(26)5-4-15(24)18(17)25)22-6-8-23(11-22,9-7-22)21(27)28/h4-5,13-14,19,21H,2-3,6-11H2,1H3,(H,29,31)(H,30,32)/t13-,14-,19-,22?,23?/m1/s1. The van der Waals surface area contributed by atoms with E-state index in [1.165, 1.54) is 19.1 Å². The fraction of sp³-hybridized carbons (Fsp3) is 0.652. The Morgan fingerprint density at radius 3 is 2.34 bits per heavy atom. The molecule has 0 aromatic heterocycles. The van der Waals surface area contributed by atoms with Gasteiger partial charge < -0.3 is 10.6 Å². The number of hydrogen-bond donors (Lipinski definition) is 2. The molecule has 9 heteroatoms. The van der Waals surface area contributed by atoms with E-state index in [1.807, 2.05) is 0 Å². The fourth-order valence-corrected chi connectivity index (χ4v) is 6.65. The molecule has 176 valence electrons. The SMILES string of the molecule is CC(=O)N[C@@H]1CC[C@@H](C(=O)N[C@H](c2c(F)ccc(Cl)c2Cl)C23CCC(C(F)F)(CC2)C3)C1. The summed E-state index contributed by atoms with van der Waals surface area (Å²) in [5, 5.41) is 5.99. The smallest absolute Gasteiger partial charge is 0.244 e. The average Bonchev–Trinajstić information content (AvgIpc) is 3.45. The van der Waals surface area contributed by atoms with Crippen LogP contribution in [0.2, 0.25) is 10.0 Å². The normalized spacial score (nSPS) is 32.3. The molecule has 3 fully saturated rings. The second-order valence-corrected chi connectivity index (χ2v) is 10.6. The zero-order valence-corrected chi connectivity index (χ0v) is 19.3. The molecule has 2 bridgehead atoms. The van der Waals surface area contributed by atoms with Gasteiger partial charge in [0.05, 0.1) is 16.1 Å². The van der Waals surface area contributed by atoms with Crippen LogP contribution >= 0.6 is 23.2 Å². The predicted octanol–water partition coefficient (Wildman–Crippen LogP) is 5.81. The van der Waals surface area contributed by atoms with Crippen LogP contribution in [0.4, 0.5) is 13.2 Å². The Labute approximate surface area is 195 Å². The van der Waals surface area contributed by atoms with Crippen LogP contribution < -0.4 is 10.6 Å². The highest BCUT2D eigenvalue weighted by atomic mass is 35.5. The van der Waals surface area contributed by atoms with Gasteiger partial charge >= 0.3 is 0 Å². The summed E-state index contributed by atoms with van der Waals surface area (Å²) in [6.07, 6.45) is 1.10. The summed E-state index contributed by atoms with van der Waals surface area (Å²) in [6, 6.07) is 1.62. The average molecular weight is 491 g/mol. The number of carbonyl (C=O) groups is 2. The first-order valence-electron chi connectivity index (χ1n) is 11.1. The van der Waals surface area contributed by atoms with Crippen molar-refractivity contribution in [3.8, 4) is 0 Å². The minimum absolute atomic E-state index is 0.00957. The second-order valence-electron chi connectivity index (χ2n) is 9.81. The van der Waals surface area contributed by atoms with Crippen LogP contribution in [0.3, 0.4) is 0 Å². The molecule has 0 aliphatic heterocycles. The summed E-state index contributed by atoms with van der Waals surface area (Å²) >= 11 is 12.6. The predicted molar refractivity (Wildman–Crippen MR) is 116 cm³/mol. The van der Waals surface area contributed by atoms with Gasteiger partial charge in [-0.1, -0.05) is 23.2 Å². The van der Waals surface area contributed by atoms with Gasteiger partial charge in [-0.25, -0.2) is 13.2 Å². The lowest BCUT2D eigenvalue weighted by Gasteiger charge is -2.38. The Bertz CT molecular complexity index is 919. The summed E-state index contributed by atoms with van der Waals surface area (Å²) in [4.78, 5) is 24.6. The van der Waals surface area contributed by atoms with Crippen LogP contribution in [-0.2, 0) is 9.59 Å². The van der Waals surface area contributed by atoms with Crippen LogP contribution in [0.5, 0.6) is 0 Å². The van der Waals surface area contributed by atoms with Gasteiger partial charge in [0.15, 0.2) is 0 Å². The molecule has 3 saturated carbocycles. The molecule has 32 heavy (non-hydrogen) atoms. The summed E-state index contributed by atoms with van der Waals surface area (Å²) in [5.74, 6) is -1.38. The minimum atomic E-state index is -2.46. The van der Waals surface area contributed by atoms with E-state index in [0.717, 1.165) is 0 Å². The van der Waals surface area contributed by atoms with Crippen molar-refractivity contribution >= 4 is 35.0 Å². The number of fused-ring (bicyclic) bond motifs is 2. The zero-order chi connectivity index (χ0) is 23.3. The summed E-state index contributed by atoms with van der Waals surface area (Å²) in [5.41, 5.74) is -1.71. The van der Waals surface area contributed by atoms with Crippen molar-refractivity contribution in [2.45, 2.75) is 76.8 Å². The number of hydrogen-bond acceptors (Lipinski definition) is 2. The van der Waals surface area contributed by atoms with E-state index in [2.05, 4.69) is 10.6 Å². The number of halogens is 5. The highest BCUT2D eigenvalue weighted by Gasteiger charge is 2.62. The Morgan fingerprint density at radius 1 is 1.09 bits per heavy atom. The zero-order valence-electron chi connectivity index (χ0n) is 17.8. The lowest BCUT2D eigenvalue weighted by molar-refractivity contribution is -0.127. The van der Waals surface area contributed by atoms with Crippen molar-refractivity contribution in [3.05, 3.63) is 33.6 Å². The number of alkyl halides is 2. The third-order valence-corrected chi connectivity index (χ3v) is 8.71. The van der Waals surface area contributed by atoms with Gasteiger partial charge in [0, 0.05) is 29.9 Å². The molecule has 2 amide bonds. The van der Waals surface area contributed by atoms with Crippen molar-refractivity contribution in [2.75, 3.05) is 0 Å². The molecule has 2 N–H and O–H groups in total. The van der Waals surface area contributed by atoms with Gasteiger partial charge in [-0.05, 0) is 68.9 Å². The largest absolute Gasteiger partial charge is 0.354 e. The summed E-state index contributed by atoms with van der Waals surface area (Å²) in [7, 11) is 0. The molecule has 0 heterocycles. The van der Waals surface area contributed by atoms with Crippen LogP contribution in [0.25, 0.3) is 0 Å². The highest BCUT2D eigenvalue weighted by Crippen LogP contribution is 2.68. The third-order valence-electron chi connectivity index (χ3n) is 7.89. The number of carbonyl (C=O) groups excluding carboxylic acids is 2. The van der Waals surface area contributed by atoms with Gasteiger partial charge in [0.1, 0.15) is 5.82 Å². The lowest BCUT2D eigenvalue weighted by Crippen LogP contribution is -2.42. The fourth-order valence-electron chi connectivity index (χ4n) is 6.22. The minimum Gasteiger partial charge on any atom is -0.354 e. The molecule has 0 spiro atoms. The summed E-state index contributed by atoms with van der Waals surface area (Å²) < 4.78 is 42.8. The van der Waals surface area contributed by atoms with E-state index >= 15 is 4.39 Å². The first-order valence-corrected chi connectivity index (χ1v) is 11.8. The number of rotatable bonds is 6. The Hall–Kier alpha value is -1.47. The quantitative estimate of drug-likeness (QED) is 0.494. The van der Waals surface area contributed by atoms with Gasteiger partial charge in [0.2, 0.25) is 18.2 Å². The maximum Gasteiger partial charge on any atom is 0.244 e. The lowest BCUT2D eigenvalue weighted by atomic mass is 9.74. The van der Waals surface area contributed by atoms with Crippen LogP contribution in [0.1, 0.15) is 69.9 Å². The van der Waals surface area contributed by atoms with Gasteiger partial charge in [-0.2, -0.15) is 0 Å². The molecule has 3 atom stereocenters. The second kappa shape index (κ2) is 8.71. The molecule has 1 aromatic carbocycles. The van der Waals surface area contributed by atoms with Crippen LogP contribution in [0, 0.1) is 22.6 Å². The van der Waals surface area contributed by atoms with Crippen molar-refractivity contribution in [2.24, 2.45) is 16.7 Å². The molecule has 4 rings (SSSR count). The maximum atomic E-state index is 15.1. The third kappa shape index (κ3) is 4.11. The van der Waals surface area contributed by atoms with Crippen LogP contribution in [-0.4, -0.2) is 24.3 Å². The van der Waals surface area contributed by atoms with E-state index in [4.69, 9.17) is 23.2 Å². The van der Waals surface area contributed by atoms with E-state index in [0.29, 0.717) is 44.9 Å². The molecular weight excluding hydrogens is 464 g/mol. The van der Waals surface area contributed by atoms with Crippen molar-refractivity contribution in [1.82, 2.24) is 10.6 Å². The molecular formula is C23H27Cl2F3N2O2. The van der Waals surface area contributed by atoms with E-state index < -0.39 is 29.1 Å². The number of benzene rings is 1. The van der Waals surface area contributed by atoms with E-state index in [1.54, 1.807) is 0 Å². The molecule has 3 aliphatic rings. The van der Waals surface area contributed by atoms with Crippen molar-refractivity contribution < 1.29 is 22.8 Å². The van der Waals surface area contributed by atoms with Crippen molar-refractivity contribution in [3.63, 3.8) is 0 Å². The van der Waals surface area contributed by atoms with Gasteiger partial charge in [0.25, 0.3) is 0 Å². The number of nitrogens with one attached hydrogen (secondary N) is 2. The van der Waals surface area contributed by atoms with Crippen molar-refractivity contribution in [1.29, 1.82) is 0 Å². The molecule has 0 radical (unpaired) electrons. The van der Waals surface area contributed by atoms with Gasteiger partial charge in [-0.3, -0.25) is 9.59 Å². The van der Waals surface area contributed by atoms with E-state index in [9.17, 15) is 18.4 Å².